The number of aromatic nitrogens is 2. The van der Waals surface area contributed by atoms with Crippen LogP contribution in [0.3, 0.4) is 0 Å². The Kier molecular flexibility index (Phi) is 12.6. The molecule has 0 amide bonds. The molecule has 13 rings (SSSR count). The molecule has 0 aliphatic carbocycles. The van der Waals surface area contributed by atoms with Gasteiger partial charge in [-0.05, 0) is 113 Å². The van der Waals surface area contributed by atoms with Crippen LogP contribution >= 0.6 is 10.0 Å². The van der Waals surface area contributed by atoms with Crippen molar-refractivity contribution in [3.8, 4) is 44.8 Å². The lowest BCUT2D eigenvalue weighted by molar-refractivity contribution is 1.17. The minimum absolute atomic E-state index is 1.15. The van der Waals surface area contributed by atoms with Crippen LogP contribution < -0.4 is 54.6 Å². The van der Waals surface area contributed by atoms with Crippen molar-refractivity contribution in [2.75, 3.05) is 0 Å². The SMILES string of the molecule is Bc1c(B)c(B)c(-c2cc(S(c3ccccc3)(c3ccccc3)c3ccccc3)cc(-c3c(B)c(B)c(B)c(B)c3B)c2-n2c3ccccc3c3cc(-c4cccc(-n5c6ccccc6c6ccccc65)c4)ccc32)c(B)c1B. The van der Waals surface area contributed by atoms with Crippen molar-refractivity contribution in [3.63, 3.8) is 0 Å². The predicted molar refractivity (Wildman–Crippen MR) is 373 cm³/mol. The molecule has 0 saturated heterocycles. The Morgan fingerprint density at radius 1 is 0.253 bits per heavy atom. The number of rotatable bonds is 9. The quantitative estimate of drug-likeness (QED) is 0.190. The largest absolute Gasteiger partial charge is 0.309 e. The molecule has 2 heterocycles. The van der Waals surface area contributed by atoms with E-state index in [0.29, 0.717) is 0 Å². The number of fused-ring (bicyclic) bond motifs is 6. The maximum Gasteiger partial charge on any atom is 0.139 e. The van der Waals surface area contributed by atoms with E-state index in [1.165, 1.54) is 157 Å². The summed E-state index contributed by atoms with van der Waals surface area (Å²) in [4.78, 5) is 5.22. The number of hydrogen-bond donors (Lipinski definition) is 0. The first kappa shape index (κ1) is 50.5. The molecule has 13 aromatic rings. The third kappa shape index (κ3) is 7.78. The van der Waals surface area contributed by atoms with Gasteiger partial charge in [0.25, 0.3) is 0 Å². The average molecular weight is 1020 g/mol. The van der Waals surface area contributed by atoms with Crippen molar-refractivity contribution in [2.45, 2.75) is 19.6 Å². The minimum Gasteiger partial charge on any atom is -0.309 e. The first-order chi connectivity index (χ1) is 38.4. The van der Waals surface area contributed by atoms with Gasteiger partial charge in [-0.1, -0.05) is 149 Å². The van der Waals surface area contributed by atoms with E-state index in [9.17, 15) is 0 Å². The van der Waals surface area contributed by atoms with Crippen LogP contribution in [0.1, 0.15) is 0 Å². The second-order valence-corrected chi connectivity index (χ2v) is 25.0. The lowest BCUT2D eigenvalue weighted by Crippen LogP contribution is -2.55. The maximum atomic E-state index is 2.65. The molecule has 366 valence electrons. The molecule has 11 aromatic carbocycles. The molecule has 0 spiro atoms. The predicted octanol–water partition coefficient (Wildman–Crippen LogP) is 0.807. The van der Waals surface area contributed by atoms with Gasteiger partial charge in [0.1, 0.15) is 78.5 Å². The normalized spacial score (nSPS) is 12.0. The second kappa shape index (κ2) is 19.7. The molecule has 0 aliphatic heterocycles. The molecule has 0 fully saturated rings. The summed E-state index contributed by atoms with van der Waals surface area (Å²) < 4.78 is 5.07. The summed E-state index contributed by atoms with van der Waals surface area (Å²) in [6, 6.07) is 82.4. The Morgan fingerprint density at radius 2 is 0.608 bits per heavy atom. The van der Waals surface area contributed by atoms with Crippen molar-refractivity contribution in [1.29, 1.82) is 0 Å². The van der Waals surface area contributed by atoms with Gasteiger partial charge in [-0.3, -0.25) is 0 Å². The summed E-state index contributed by atoms with van der Waals surface area (Å²) in [7, 11) is 21.3. The zero-order valence-corrected chi connectivity index (χ0v) is 47.9. The first-order valence-electron chi connectivity index (χ1n) is 27.8. The Bertz CT molecular complexity index is 4320. The van der Waals surface area contributed by atoms with Crippen molar-refractivity contribution in [1.82, 2.24) is 9.13 Å². The van der Waals surface area contributed by atoms with E-state index in [1.807, 2.05) is 0 Å². The van der Waals surface area contributed by atoms with E-state index in [-0.39, 0.29) is 0 Å². The maximum absolute atomic E-state index is 2.65. The van der Waals surface area contributed by atoms with Gasteiger partial charge >= 0.3 is 0 Å². The molecule has 2 aromatic heterocycles. The summed E-state index contributed by atoms with van der Waals surface area (Å²) in [6.07, 6.45) is 0. The first-order valence-corrected chi connectivity index (χ1v) is 29.5. The van der Waals surface area contributed by atoms with Crippen molar-refractivity contribution in [2.24, 2.45) is 0 Å². The van der Waals surface area contributed by atoms with E-state index in [0.717, 1.165) is 5.69 Å². The van der Waals surface area contributed by atoms with Gasteiger partial charge in [-0.15, -0.1) is 42.8 Å². The molecular weight excluding hydrogens is 961 g/mol. The molecule has 2 nitrogen and oxygen atoms in total. The number of para-hydroxylation sites is 3. The van der Waals surface area contributed by atoms with E-state index < -0.39 is 10.0 Å². The fourth-order valence-corrected chi connectivity index (χ4v) is 17.2. The van der Waals surface area contributed by atoms with Gasteiger partial charge in [0, 0.05) is 57.9 Å². The Labute approximate surface area is 475 Å². The van der Waals surface area contributed by atoms with Crippen LogP contribution in [-0.2, 0) is 0 Å². The van der Waals surface area contributed by atoms with Crippen LogP contribution in [0, 0.1) is 0 Å². The lowest BCUT2D eigenvalue weighted by Gasteiger charge is -2.43. The van der Waals surface area contributed by atoms with Crippen LogP contribution in [0.15, 0.2) is 238 Å². The standard InChI is InChI=1S/C66H56B10N2S/c67-56-54(57(68)61(72)64(75)60(56)71)48-35-43(79(40-19-4-1-5-20-40,41-21-6-2-7-22-41)42-23-8-3-9-24-42)36-49(55-58(69)62(73)65(76)63(74)59(55)70)66(48)78-52-30-15-12-27-46(52)47-34-38(31-32-53(47)78)37-17-16-18-39(33-37)77-50-28-13-10-25-44(50)45-26-11-14-29-51(45)77/h1-36H,67-76H2. The van der Waals surface area contributed by atoms with E-state index in [1.54, 1.807) is 0 Å². The molecule has 13 heteroatoms. The van der Waals surface area contributed by atoms with Gasteiger partial charge in [0.15, 0.2) is 0 Å². The third-order valence-corrected chi connectivity index (χ3v) is 22.1. The molecule has 0 N–H and O–H groups in total. The fourth-order valence-electron chi connectivity index (χ4n) is 13.3. The van der Waals surface area contributed by atoms with Gasteiger partial charge in [0.2, 0.25) is 0 Å². The molecule has 79 heavy (non-hydrogen) atoms. The highest BCUT2D eigenvalue weighted by Crippen LogP contribution is 2.74. The zero-order valence-electron chi connectivity index (χ0n) is 47.1. The molecule has 0 bridgehead atoms. The highest BCUT2D eigenvalue weighted by molar-refractivity contribution is 8.34. The smallest absolute Gasteiger partial charge is 0.139 e. The summed E-state index contributed by atoms with van der Waals surface area (Å²) in [5.41, 5.74) is 28.0. The molecule has 0 saturated carbocycles. The van der Waals surface area contributed by atoms with Crippen LogP contribution in [-0.4, -0.2) is 87.6 Å². The molecule has 0 atom stereocenters. The van der Waals surface area contributed by atoms with E-state index >= 15 is 0 Å². The summed E-state index contributed by atoms with van der Waals surface area (Å²) in [5, 5.41) is 4.98. The Hall–Kier alpha value is -7.98. The second-order valence-electron chi connectivity index (χ2n) is 21.9. The highest BCUT2D eigenvalue weighted by atomic mass is 32.3. The monoisotopic (exact) mass is 1020 g/mol. The van der Waals surface area contributed by atoms with Gasteiger partial charge < -0.3 is 9.13 Å². The molecule has 0 aliphatic rings. The summed E-state index contributed by atoms with van der Waals surface area (Å²) in [6.45, 7) is 0. The van der Waals surface area contributed by atoms with Crippen molar-refractivity contribution < 1.29 is 0 Å². The third-order valence-electron chi connectivity index (χ3n) is 18.2. The number of benzene rings is 11. The lowest BCUT2D eigenvalue weighted by atomic mass is 9.58. The Balaban J connectivity index is 1.18. The van der Waals surface area contributed by atoms with Crippen LogP contribution in [0.25, 0.3) is 88.4 Å². The van der Waals surface area contributed by atoms with Gasteiger partial charge in [-0.25, -0.2) is 0 Å². The van der Waals surface area contributed by atoms with Crippen LogP contribution in [0.5, 0.6) is 0 Å². The van der Waals surface area contributed by atoms with E-state index in [4.69, 9.17) is 0 Å². The van der Waals surface area contributed by atoms with E-state index in [2.05, 4.69) is 306 Å². The molecular formula is C66H56B10N2S. The topological polar surface area (TPSA) is 9.86 Å². The van der Waals surface area contributed by atoms with Crippen LogP contribution in [0.4, 0.5) is 0 Å². The number of hydrogen-bond acceptors (Lipinski definition) is 0. The Morgan fingerprint density at radius 3 is 1.05 bits per heavy atom. The summed E-state index contributed by atoms with van der Waals surface area (Å²) in [5.74, 6) is 0. The van der Waals surface area contributed by atoms with Gasteiger partial charge in [0.05, 0.1) is 27.8 Å². The highest BCUT2D eigenvalue weighted by Gasteiger charge is 2.36. The zero-order chi connectivity index (χ0) is 54.4. The van der Waals surface area contributed by atoms with Gasteiger partial charge in [-0.2, -0.15) is 0 Å². The van der Waals surface area contributed by atoms with Crippen molar-refractivity contribution >= 4 is 187 Å². The summed E-state index contributed by atoms with van der Waals surface area (Å²) >= 11 is 0. The molecule has 0 radical (unpaired) electrons. The fraction of sp³-hybridized carbons (Fsp3) is 0. The number of nitrogens with zero attached hydrogens (tertiary/aromatic N) is 2. The van der Waals surface area contributed by atoms with Crippen LogP contribution in [0.2, 0.25) is 0 Å². The molecule has 0 unspecified atom stereocenters. The average Bonchev–Trinajstić information content (AvgIpc) is 4.26. The van der Waals surface area contributed by atoms with Crippen molar-refractivity contribution in [3.05, 3.63) is 218 Å². The minimum atomic E-state index is -2.14.